The molecule has 0 saturated heterocycles. The van der Waals surface area contributed by atoms with E-state index in [0.717, 1.165) is 33.3 Å². The van der Waals surface area contributed by atoms with E-state index in [2.05, 4.69) is 25.7 Å². The lowest BCUT2D eigenvalue weighted by Gasteiger charge is -2.18. The Balaban J connectivity index is 1.16. The summed E-state index contributed by atoms with van der Waals surface area (Å²) in [7, 11) is 0. The van der Waals surface area contributed by atoms with Crippen LogP contribution in [0.2, 0.25) is 0 Å². The van der Waals surface area contributed by atoms with E-state index < -0.39 is 5.91 Å². The van der Waals surface area contributed by atoms with Gasteiger partial charge < -0.3 is 4.98 Å². The summed E-state index contributed by atoms with van der Waals surface area (Å²) in [5, 5.41) is 13.6. The maximum Gasteiger partial charge on any atom is 0.295 e. The molecular formula is C39H29N7O2. The number of nitrogens with zero attached hydrogens (tertiary/aromatic N) is 5. The monoisotopic (exact) mass is 627 g/mol. The van der Waals surface area contributed by atoms with Gasteiger partial charge in [-0.3, -0.25) is 19.9 Å². The first-order valence-electron chi connectivity index (χ1n) is 15.3. The van der Waals surface area contributed by atoms with Crippen molar-refractivity contribution in [1.82, 2.24) is 4.98 Å². The molecule has 0 fully saturated rings. The molecule has 48 heavy (non-hydrogen) atoms. The van der Waals surface area contributed by atoms with E-state index in [-0.39, 0.29) is 11.7 Å². The standard InChI is InChI=1S/C39H29N7O2/c1-26-12-8-10-18-33(26)42-43-36(27-13-4-2-5-14-27)44-45-38(47)29-20-22-31(23-21-29)46-37(28-15-6-3-7-16-28)41-35(39(46)48)24-30-25-40-34-19-11-9-17-32(30)34/h2-25,40,42H,1H3/b35-24+,43-36+,45-44?. The number of aromatic amines is 1. The van der Waals surface area contributed by atoms with E-state index >= 15 is 0 Å². The summed E-state index contributed by atoms with van der Waals surface area (Å²) in [6, 6.07) is 41.1. The molecule has 7 rings (SSSR count). The number of carbonyl (C=O) groups excluding carboxylic acids is 2. The molecule has 0 aliphatic carbocycles. The minimum Gasteiger partial charge on any atom is -0.361 e. The number of benzene rings is 5. The Labute approximate surface area is 276 Å². The zero-order chi connectivity index (χ0) is 32.9. The minimum atomic E-state index is -0.550. The number of hydrogen-bond donors (Lipinski definition) is 2. The third kappa shape index (κ3) is 6.20. The van der Waals surface area contributed by atoms with Crippen molar-refractivity contribution in [3.8, 4) is 0 Å². The summed E-state index contributed by atoms with van der Waals surface area (Å²) in [5.41, 5.74) is 9.36. The highest BCUT2D eigenvalue weighted by Crippen LogP contribution is 2.30. The number of hydrogen-bond acceptors (Lipinski definition) is 5. The number of carbonyl (C=O) groups is 2. The molecular weight excluding hydrogens is 598 g/mol. The summed E-state index contributed by atoms with van der Waals surface area (Å²) in [6.07, 6.45) is 3.66. The Kier molecular flexibility index (Phi) is 8.31. The van der Waals surface area contributed by atoms with Gasteiger partial charge in [0.1, 0.15) is 11.5 Å². The fourth-order valence-electron chi connectivity index (χ4n) is 5.34. The van der Waals surface area contributed by atoms with Gasteiger partial charge in [-0.05, 0) is 55.0 Å². The van der Waals surface area contributed by atoms with E-state index in [4.69, 9.17) is 4.99 Å². The number of hydrazone groups is 1. The molecule has 6 aromatic rings. The average Bonchev–Trinajstić information content (AvgIpc) is 3.70. The highest BCUT2D eigenvalue weighted by atomic mass is 16.2. The predicted octanol–water partition coefficient (Wildman–Crippen LogP) is 8.38. The molecule has 1 aromatic heterocycles. The lowest BCUT2D eigenvalue weighted by atomic mass is 10.1. The zero-order valence-corrected chi connectivity index (χ0v) is 25.9. The third-order valence-corrected chi connectivity index (χ3v) is 7.87. The first-order valence-corrected chi connectivity index (χ1v) is 15.3. The molecule has 0 spiro atoms. The average molecular weight is 628 g/mol. The van der Waals surface area contributed by atoms with Crippen molar-refractivity contribution in [3.05, 3.63) is 173 Å². The fourth-order valence-corrected chi connectivity index (χ4v) is 5.34. The van der Waals surface area contributed by atoms with Gasteiger partial charge in [-0.1, -0.05) is 97.1 Å². The Morgan fingerprint density at radius 1 is 0.771 bits per heavy atom. The molecule has 0 bridgehead atoms. The second kappa shape index (κ2) is 13.3. The zero-order valence-electron chi connectivity index (χ0n) is 25.9. The number of aromatic nitrogens is 1. The largest absolute Gasteiger partial charge is 0.361 e. The molecule has 2 amide bonds. The molecule has 0 saturated carbocycles. The van der Waals surface area contributed by atoms with Crippen molar-refractivity contribution in [2.24, 2.45) is 20.3 Å². The Morgan fingerprint density at radius 3 is 2.23 bits per heavy atom. The number of anilines is 2. The number of para-hydroxylation sites is 2. The maximum atomic E-state index is 13.9. The smallest absolute Gasteiger partial charge is 0.295 e. The van der Waals surface area contributed by atoms with Gasteiger partial charge in [0.05, 0.1) is 11.4 Å². The number of nitrogens with one attached hydrogen (secondary N) is 2. The van der Waals surface area contributed by atoms with Crippen LogP contribution in [-0.4, -0.2) is 28.5 Å². The Hall–Kier alpha value is -6.74. The molecule has 2 heterocycles. The van der Waals surface area contributed by atoms with Crippen molar-refractivity contribution in [2.45, 2.75) is 6.92 Å². The Bertz CT molecular complexity index is 2250. The SMILES string of the molecule is Cc1ccccc1N/N=C(/N=NC(=O)c1ccc(N2C(=O)/C(=C\c3c[nH]c4ccccc34)N=C2c2ccccc2)cc1)c1ccccc1. The Morgan fingerprint density at radius 2 is 1.46 bits per heavy atom. The van der Waals surface area contributed by atoms with Gasteiger partial charge in [0.2, 0.25) is 5.84 Å². The number of aryl methyl sites for hydroxylation is 1. The molecule has 232 valence electrons. The van der Waals surface area contributed by atoms with Crippen molar-refractivity contribution < 1.29 is 9.59 Å². The third-order valence-electron chi connectivity index (χ3n) is 7.87. The first kappa shape index (κ1) is 29.9. The van der Waals surface area contributed by atoms with Crippen LogP contribution in [0.15, 0.2) is 166 Å². The summed E-state index contributed by atoms with van der Waals surface area (Å²) >= 11 is 0. The van der Waals surface area contributed by atoms with Crippen LogP contribution in [-0.2, 0) is 4.79 Å². The molecule has 0 atom stereocenters. The topological polar surface area (TPSA) is 115 Å². The van der Waals surface area contributed by atoms with E-state index in [0.29, 0.717) is 28.3 Å². The first-order chi connectivity index (χ1) is 23.5. The van der Waals surface area contributed by atoms with Gasteiger partial charge in [0, 0.05) is 39.4 Å². The summed E-state index contributed by atoms with van der Waals surface area (Å²) in [6.45, 7) is 1.97. The lowest BCUT2D eigenvalue weighted by Crippen LogP contribution is -2.32. The molecule has 5 aromatic carbocycles. The molecule has 1 aliphatic heterocycles. The summed E-state index contributed by atoms with van der Waals surface area (Å²) < 4.78 is 0. The van der Waals surface area contributed by atoms with Crippen LogP contribution in [0.1, 0.15) is 32.6 Å². The van der Waals surface area contributed by atoms with Gasteiger partial charge >= 0.3 is 0 Å². The minimum absolute atomic E-state index is 0.254. The number of aliphatic imine (C=N–C) groups is 1. The van der Waals surface area contributed by atoms with Crippen molar-refractivity contribution in [2.75, 3.05) is 10.3 Å². The van der Waals surface area contributed by atoms with Gasteiger partial charge in [0.15, 0.2) is 0 Å². The second-order valence-electron chi connectivity index (χ2n) is 11.0. The molecule has 9 heteroatoms. The molecule has 1 aliphatic rings. The second-order valence-corrected chi connectivity index (χ2v) is 11.0. The van der Waals surface area contributed by atoms with Gasteiger partial charge in [-0.2, -0.15) is 5.10 Å². The quantitative estimate of drug-likeness (QED) is 0.0609. The van der Waals surface area contributed by atoms with Crippen molar-refractivity contribution in [3.63, 3.8) is 0 Å². The lowest BCUT2D eigenvalue weighted by molar-refractivity contribution is -0.113. The molecule has 2 N–H and O–H groups in total. The highest BCUT2D eigenvalue weighted by molar-refractivity contribution is 6.33. The van der Waals surface area contributed by atoms with Gasteiger partial charge in [-0.25, -0.2) is 4.99 Å². The molecule has 0 unspecified atom stereocenters. The molecule has 0 radical (unpaired) electrons. The number of rotatable bonds is 7. The van der Waals surface area contributed by atoms with Crippen molar-refractivity contribution >= 4 is 51.8 Å². The van der Waals surface area contributed by atoms with Crippen molar-refractivity contribution in [1.29, 1.82) is 0 Å². The highest BCUT2D eigenvalue weighted by Gasteiger charge is 2.32. The fraction of sp³-hybridized carbons (Fsp3) is 0.0256. The van der Waals surface area contributed by atoms with E-state index in [1.165, 1.54) is 0 Å². The van der Waals surface area contributed by atoms with E-state index in [1.807, 2.05) is 122 Å². The predicted molar refractivity (Wildman–Crippen MR) is 190 cm³/mol. The van der Waals surface area contributed by atoms with Gasteiger partial charge in [-0.15, -0.1) is 10.2 Å². The summed E-state index contributed by atoms with van der Waals surface area (Å²) in [4.78, 5) is 36.6. The summed E-state index contributed by atoms with van der Waals surface area (Å²) in [5.74, 6) is -0.0755. The normalized spacial score (nSPS) is 14.2. The number of amides is 2. The van der Waals surface area contributed by atoms with Crippen LogP contribution in [0.4, 0.5) is 11.4 Å². The van der Waals surface area contributed by atoms with Crippen LogP contribution >= 0.6 is 0 Å². The van der Waals surface area contributed by atoms with Gasteiger partial charge in [0.25, 0.3) is 11.8 Å². The number of fused-ring (bicyclic) bond motifs is 1. The van der Waals surface area contributed by atoms with E-state index in [1.54, 1.807) is 35.2 Å². The number of amidine groups is 2. The van der Waals surface area contributed by atoms with Crippen LogP contribution in [0.25, 0.3) is 17.0 Å². The molecule has 9 nitrogen and oxygen atoms in total. The van der Waals surface area contributed by atoms with Crippen LogP contribution in [0.3, 0.4) is 0 Å². The number of H-pyrrole nitrogens is 1. The van der Waals surface area contributed by atoms with Crippen LogP contribution < -0.4 is 10.3 Å². The maximum absolute atomic E-state index is 13.9. The van der Waals surface area contributed by atoms with E-state index in [9.17, 15) is 9.59 Å². The van der Waals surface area contributed by atoms with Crippen LogP contribution in [0, 0.1) is 6.92 Å². The van der Waals surface area contributed by atoms with Crippen LogP contribution in [0.5, 0.6) is 0 Å². The number of azo groups is 1.